The Hall–Kier alpha value is -3.95. The van der Waals surface area contributed by atoms with E-state index in [0.29, 0.717) is 27.8 Å². The molecule has 3 N–H and O–H groups in total. The molecule has 1 aromatic heterocycles. The molecular weight excluding hydrogens is 488 g/mol. The summed E-state index contributed by atoms with van der Waals surface area (Å²) in [5.41, 5.74) is 2.60. The Bertz CT molecular complexity index is 1480. The van der Waals surface area contributed by atoms with Crippen LogP contribution in [0.15, 0.2) is 94.4 Å². The molecule has 0 spiro atoms. The molecule has 0 saturated carbocycles. The summed E-state index contributed by atoms with van der Waals surface area (Å²) in [4.78, 5) is 1.89. The molecule has 0 saturated heterocycles. The molecule has 1 atom stereocenters. The summed E-state index contributed by atoms with van der Waals surface area (Å²) < 4.78 is 38.9. The molecule has 8 nitrogen and oxygen atoms in total. The number of hydrogen-bond donors (Lipinski definition) is 3. The third-order valence-electron chi connectivity index (χ3n) is 5.62. The molecule has 0 aliphatic carbocycles. The molecule has 5 rings (SSSR count). The van der Waals surface area contributed by atoms with Gasteiger partial charge in [0.1, 0.15) is 17.8 Å². The fourth-order valence-corrected chi connectivity index (χ4v) is 5.25. The smallest absolute Gasteiger partial charge is 0.261 e. The second-order valence-electron chi connectivity index (χ2n) is 7.81. The Morgan fingerprint density at radius 3 is 2.49 bits per heavy atom. The van der Waals surface area contributed by atoms with Gasteiger partial charge < -0.3 is 19.4 Å². The van der Waals surface area contributed by atoms with Gasteiger partial charge in [-0.15, -0.1) is 0 Å². The number of rotatable bonds is 6. The molecule has 3 aromatic carbocycles. The van der Waals surface area contributed by atoms with Crippen molar-refractivity contribution in [1.29, 1.82) is 5.41 Å². The highest BCUT2D eigenvalue weighted by Crippen LogP contribution is 2.38. The molecule has 0 radical (unpaired) electrons. The molecule has 0 bridgehead atoms. The normalized spacial score (nSPS) is 15.3. The highest BCUT2D eigenvalue weighted by atomic mass is 35.5. The van der Waals surface area contributed by atoms with E-state index in [-0.39, 0.29) is 10.7 Å². The van der Waals surface area contributed by atoms with Crippen molar-refractivity contribution < 1.29 is 17.6 Å². The average molecular weight is 509 g/mol. The SMILES string of the molecule is COc1ccc(C2Nc3occc3C(=N)N2c2ccc(NS(=O)(=O)c3cccc(Cl)c3)cc2)cc1. The average Bonchev–Trinajstić information content (AvgIpc) is 3.34. The summed E-state index contributed by atoms with van der Waals surface area (Å²) in [5, 5.41) is 12.5. The molecular formula is C25H21ClN4O4S. The van der Waals surface area contributed by atoms with E-state index in [4.69, 9.17) is 26.2 Å². The summed E-state index contributed by atoms with van der Waals surface area (Å²) in [6.07, 6.45) is 1.11. The topological polar surface area (TPSA) is 108 Å². The maximum Gasteiger partial charge on any atom is 0.261 e. The zero-order valence-corrected chi connectivity index (χ0v) is 20.1. The van der Waals surface area contributed by atoms with E-state index in [1.54, 1.807) is 49.6 Å². The quantitative estimate of drug-likeness (QED) is 0.308. The molecule has 10 heteroatoms. The van der Waals surface area contributed by atoms with Crippen LogP contribution >= 0.6 is 11.6 Å². The van der Waals surface area contributed by atoms with E-state index in [0.717, 1.165) is 11.3 Å². The summed E-state index contributed by atoms with van der Waals surface area (Å²) in [7, 11) is -2.20. The van der Waals surface area contributed by atoms with Crippen molar-refractivity contribution in [3.05, 3.63) is 101 Å². The van der Waals surface area contributed by atoms with Gasteiger partial charge in [0.2, 0.25) is 5.88 Å². The number of hydrogen-bond acceptors (Lipinski definition) is 6. The summed E-state index contributed by atoms with van der Waals surface area (Å²) >= 11 is 5.95. The maximum absolute atomic E-state index is 12.7. The molecule has 4 aromatic rings. The van der Waals surface area contributed by atoms with Gasteiger partial charge in [0.25, 0.3) is 10.0 Å². The summed E-state index contributed by atoms with van der Waals surface area (Å²) in [6.45, 7) is 0. The second-order valence-corrected chi connectivity index (χ2v) is 9.93. The Labute approximate surface area is 207 Å². The van der Waals surface area contributed by atoms with Gasteiger partial charge >= 0.3 is 0 Å². The van der Waals surface area contributed by atoms with Crippen molar-refractivity contribution in [3.8, 4) is 5.75 Å². The zero-order valence-electron chi connectivity index (χ0n) is 18.5. The number of sulfonamides is 1. The number of halogens is 1. The number of nitrogens with one attached hydrogen (secondary N) is 3. The minimum absolute atomic E-state index is 0.0724. The van der Waals surface area contributed by atoms with Crippen LogP contribution in [0.2, 0.25) is 5.02 Å². The maximum atomic E-state index is 12.7. The third kappa shape index (κ3) is 4.43. The first kappa shape index (κ1) is 22.8. The second kappa shape index (κ2) is 9.01. The van der Waals surface area contributed by atoms with E-state index in [2.05, 4.69) is 10.0 Å². The fourth-order valence-electron chi connectivity index (χ4n) is 3.89. The van der Waals surface area contributed by atoms with Crippen molar-refractivity contribution in [1.82, 2.24) is 0 Å². The first-order chi connectivity index (χ1) is 16.9. The lowest BCUT2D eigenvalue weighted by Crippen LogP contribution is -2.42. The van der Waals surface area contributed by atoms with Gasteiger partial charge in [-0.25, -0.2) is 8.42 Å². The van der Waals surface area contributed by atoms with Gasteiger partial charge in [0.15, 0.2) is 0 Å². The van der Waals surface area contributed by atoms with Gasteiger partial charge in [0, 0.05) is 16.4 Å². The van der Waals surface area contributed by atoms with Gasteiger partial charge in [-0.3, -0.25) is 10.1 Å². The number of ether oxygens (including phenoxy) is 1. The third-order valence-corrected chi connectivity index (χ3v) is 7.24. The van der Waals surface area contributed by atoms with Crippen LogP contribution in [0.1, 0.15) is 17.3 Å². The Morgan fingerprint density at radius 2 is 1.80 bits per heavy atom. The molecule has 1 aliphatic heterocycles. The van der Waals surface area contributed by atoms with Crippen molar-refractivity contribution in [2.45, 2.75) is 11.1 Å². The van der Waals surface area contributed by atoms with Gasteiger partial charge in [-0.2, -0.15) is 0 Å². The van der Waals surface area contributed by atoms with Crippen molar-refractivity contribution in [2.75, 3.05) is 22.0 Å². The molecule has 0 amide bonds. The van der Waals surface area contributed by atoms with E-state index in [1.165, 1.54) is 18.4 Å². The van der Waals surface area contributed by atoms with Crippen LogP contribution in [0.25, 0.3) is 0 Å². The fraction of sp³-hybridized carbons (Fsp3) is 0.0800. The Morgan fingerprint density at radius 1 is 1.06 bits per heavy atom. The monoisotopic (exact) mass is 508 g/mol. The first-order valence-electron chi connectivity index (χ1n) is 10.6. The van der Waals surface area contributed by atoms with Crippen molar-refractivity contribution in [2.24, 2.45) is 0 Å². The van der Waals surface area contributed by atoms with Crippen LogP contribution in [0, 0.1) is 5.41 Å². The van der Waals surface area contributed by atoms with Crippen LogP contribution < -0.4 is 19.7 Å². The number of anilines is 3. The predicted octanol–water partition coefficient (Wildman–Crippen LogP) is 5.70. The number of fused-ring (bicyclic) bond motifs is 1. The highest BCUT2D eigenvalue weighted by molar-refractivity contribution is 7.92. The van der Waals surface area contributed by atoms with Crippen LogP contribution in [0.3, 0.4) is 0 Å². The van der Waals surface area contributed by atoms with E-state index < -0.39 is 16.2 Å². The van der Waals surface area contributed by atoms with E-state index in [1.807, 2.05) is 29.2 Å². The van der Waals surface area contributed by atoms with Crippen molar-refractivity contribution >= 4 is 44.7 Å². The number of furan rings is 1. The molecule has 1 unspecified atom stereocenters. The van der Waals surface area contributed by atoms with Gasteiger partial charge in [-0.05, 0) is 66.2 Å². The number of amidine groups is 1. The Kier molecular flexibility index (Phi) is 5.88. The van der Waals surface area contributed by atoms with Crippen LogP contribution in [-0.2, 0) is 10.0 Å². The minimum atomic E-state index is -3.80. The van der Waals surface area contributed by atoms with E-state index >= 15 is 0 Å². The van der Waals surface area contributed by atoms with Gasteiger partial charge in [0.05, 0.1) is 23.8 Å². The first-order valence-corrected chi connectivity index (χ1v) is 12.5. The summed E-state index contributed by atoms with van der Waals surface area (Å²) in [6, 6.07) is 22.1. The molecule has 0 fully saturated rings. The van der Waals surface area contributed by atoms with E-state index in [9.17, 15) is 8.42 Å². The minimum Gasteiger partial charge on any atom is -0.497 e. The number of benzene rings is 3. The standard InChI is InChI=1S/C25H21ClN4O4S/c1-33-20-11-5-16(6-12-20)24-28-25-22(13-14-34-25)23(27)30(24)19-9-7-18(8-10-19)29-35(31,32)21-4-2-3-17(26)15-21/h2-15,24,27-29H,1H3. The number of methoxy groups -OCH3 is 1. The van der Waals surface area contributed by atoms with Gasteiger partial charge in [-0.1, -0.05) is 29.8 Å². The number of nitrogens with zero attached hydrogens (tertiary/aromatic N) is 1. The van der Waals surface area contributed by atoms with Crippen molar-refractivity contribution in [3.63, 3.8) is 0 Å². The van der Waals surface area contributed by atoms with Crippen LogP contribution in [-0.4, -0.2) is 21.4 Å². The zero-order chi connectivity index (χ0) is 24.6. The molecule has 35 heavy (non-hydrogen) atoms. The molecule has 178 valence electrons. The Balaban J connectivity index is 1.46. The highest BCUT2D eigenvalue weighted by Gasteiger charge is 2.33. The van der Waals surface area contributed by atoms with Crippen LogP contribution in [0.5, 0.6) is 5.75 Å². The summed E-state index contributed by atoms with van der Waals surface area (Å²) in [5.74, 6) is 1.49. The predicted molar refractivity (Wildman–Crippen MR) is 136 cm³/mol. The lowest BCUT2D eigenvalue weighted by Gasteiger charge is -2.38. The lowest BCUT2D eigenvalue weighted by molar-refractivity contribution is 0.414. The largest absolute Gasteiger partial charge is 0.497 e. The molecule has 1 aliphatic rings. The lowest BCUT2D eigenvalue weighted by atomic mass is 10.1. The molecule has 2 heterocycles. The van der Waals surface area contributed by atoms with Crippen LogP contribution in [0.4, 0.5) is 17.3 Å².